The van der Waals surface area contributed by atoms with Crippen LogP contribution in [-0.4, -0.2) is 40.1 Å². The van der Waals surface area contributed by atoms with Crippen LogP contribution in [0.3, 0.4) is 0 Å². The van der Waals surface area contributed by atoms with Crippen LogP contribution < -0.4 is 5.32 Å². The number of nitrogens with one attached hydrogen (secondary N) is 1. The predicted molar refractivity (Wildman–Crippen MR) is 110 cm³/mol. The van der Waals surface area contributed by atoms with Gasteiger partial charge in [-0.2, -0.15) is 4.98 Å². The second-order valence-corrected chi connectivity index (χ2v) is 9.06. The first-order chi connectivity index (χ1) is 13.8. The van der Waals surface area contributed by atoms with E-state index < -0.39 is 0 Å². The van der Waals surface area contributed by atoms with Gasteiger partial charge in [0.2, 0.25) is 17.6 Å². The fraction of sp³-hybridized carbons (Fsp3) is 0.667. The summed E-state index contributed by atoms with van der Waals surface area (Å²) in [6.45, 7) is 2.37. The van der Waals surface area contributed by atoms with Gasteiger partial charge in [-0.3, -0.25) is 9.69 Å². The molecule has 6 nitrogen and oxygen atoms in total. The highest BCUT2D eigenvalue weighted by atomic mass is 32.1. The van der Waals surface area contributed by atoms with Crippen LogP contribution in [0.15, 0.2) is 22.0 Å². The molecule has 28 heavy (non-hydrogen) atoms. The molecule has 2 aliphatic rings. The third-order valence-electron chi connectivity index (χ3n) is 5.90. The quantitative estimate of drug-likeness (QED) is 0.810. The molecule has 1 aliphatic carbocycles. The van der Waals surface area contributed by atoms with Gasteiger partial charge in [0.1, 0.15) is 0 Å². The predicted octanol–water partition coefficient (Wildman–Crippen LogP) is 4.24. The van der Waals surface area contributed by atoms with Crippen LogP contribution in [0.4, 0.5) is 0 Å². The molecule has 1 atom stereocenters. The standard InChI is InChI=1S/C21H30N4O2S/c26-21(22-17-9-4-2-1-3-5-10-17)16-8-6-12-25(14-16)15-19-23-20(24-27-19)18-11-7-13-28-18/h7,11,13,16-17H,1-6,8-10,12,14-15H2,(H,22,26). The molecule has 4 rings (SSSR count). The first kappa shape index (κ1) is 19.6. The normalized spacial score (nSPS) is 22.5. The number of carbonyl (C=O) groups is 1. The first-order valence-electron chi connectivity index (χ1n) is 10.7. The Labute approximate surface area is 170 Å². The second kappa shape index (κ2) is 9.65. The largest absolute Gasteiger partial charge is 0.353 e. The van der Waals surface area contributed by atoms with Crippen LogP contribution in [0.2, 0.25) is 0 Å². The lowest BCUT2D eigenvalue weighted by molar-refractivity contribution is -0.127. The number of aromatic nitrogens is 2. The van der Waals surface area contributed by atoms with E-state index in [1.807, 2.05) is 17.5 Å². The van der Waals surface area contributed by atoms with Crippen molar-refractivity contribution in [3.63, 3.8) is 0 Å². The van der Waals surface area contributed by atoms with Gasteiger partial charge >= 0.3 is 0 Å². The number of carbonyl (C=O) groups excluding carboxylic acids is 1. The maximum absolute atomic E-state index is 12.8. The molecule has 1 saturated heterocycles. The third-order valence-corrected chi connectivity index (χ3v) is 6.76. The average Bonchev–Trinajstić information content (AvgIpc) is 3.35. The van der Waals surface area contributed by atoms with Gasteiger partial charge in [0.25, 0.3) is 0 Å². The minimum Gasteiger partial charge on any atom is -0.353 e. The Morgan fingerprint density at radius 2 is 2.00 bits per heavy atom. The van der Waals surface area contributed by atoms with Crippen molar-refractivity contribution in [2.24, 2.45) is 5.92 Å². The van der Waals surface area contributed by atoms with Crippen molar-refractivity contribution >= 4 is 17.2 Å². The molecular formula is C21H30N4O2S. The number of thiophene rings is 1. The molecule has 0 aromatic carbocycles. The van der Waals surface area contributed by atoms with E-state index in [1.54, 1.807) is 11.3 Å². The highest BCUT2D eigenvalue weighted by molar-refractivity contribution is 7.13. The van der Waals surface area contributed by atoms with Gasteiger partial charge in [0.05, 0.1) is 17.3 Å². The lowest BCUT2D eigenvalue weighted by atomic mass is 9.94. The van der Waals surface area contributed by atoms with Crippen molar-refractivity contribution in [1.82, 2.24) is 20.4 Å². The zero-order chi connectivity index (χ0) is 19.2. The average molecular weight is 403 g/mol. The number of likely N-dealkylation sites (tertiary alicyclic amines) is 1. The molecule has 2 fully saturated rings. The van der Waals surface area contributed by atoms with Gasteiger partial charge < -0.3 is 9.84 Å². The lowest BCUT2D eigenvalue weighted by Gasteiger charge is -2.32. The number of rotatable bonds is 5. The summed E-state index contributed by atoms with van der Waals surface area (Å²) < 4.78 is 5.44. The Hall–Kier alpha value is -1.73. The van der Waals surface area contributed by atoms with E-state index in [0.29, 0.717) is 24.3 Å². The zero-order valence-electron chi connectivity index (χ0n) is 16.4. The molecule has 0 bridgehead atoms. The first-order valence-corrected chi connectivity index (χ1v) is 11.5. The molecule has 2 aromatic heterocycles. The zero-order valence-corrected chi connectivity index (χ0v) is 17.3. The highest BCUT2D eigenvalue weighted by Gasteiger charge is 2.28. The fourth-order valence-corrected chi connectivity index (χ4v) is 5.00. The molecule has 152 valence electrons. The Morgan fingerprint density at radius 1 is 1.18 bits per heavy atom. The van der Waals surface area contributed by atoms with Crippen molar-refractivity contribution in [2.75, 3.05) is 13.1 Å². The molecule has 0 radical (unpaired) electrons. The van der Waals surface area contributed by atoms with Crippen LogP contribution >= 0.6 is 11.3 Å². The monoisotopic (exact) mass is 402 g/mol. The number of nitrogens with zero attached hydrogens (tertiary/aromatic N) is 3. The summed E-state index contributed by atoms with van der Waals surface area (Å²) in [4.78, 5) is 20.6. The molecule has 2 aromatic rings. The molecule has 1 saturated carbocycles. The molecule has 1 unspecified atom stereocenters. The molecule has 0 spiro atoms. The molecule has 3 heterocycles. The van der Waals surface area contributed by atoms with E-state index in [4.69, 9.17) is 4.52 Å². The van der Waals surface area contributed by atoms with Crippen LogP contribution in [0, 0.1) is 5.92 Å². The number of amides is 1. The maximum atomic E-state index is 12.8. The van der Waals surface area contributed by atoms with E-state index in [-0.39, 0.29) is 11.8 Å². The smallest absolute Gasteiger partial charge is 0.241 e. The molecule has 1 N–H and O–H groups in total. The van der Waals surface area contributed by atoms with E-state index in [0.717, 1.165) is 43.6 Å². The minimum atomic E-state index is 0.0684. The van der Waals surface area contributed by atoms with Crippen molar-refractivity contribution in [3.8, 4) is 10.7 Å². The highest BCUT2D eigenvalue weighted by Crippen LogP contribution is 2.24. The Balaban J connectivity index is 1.29. The summed E-state index contributed by atoms with van der Waals surface area (Å²) in [7, 11) is 0. The van der Waals surface area contributed by atoms with E-state index in [9.17, 15) is 4.79 Å². The van der Waals surface area contributed by atoms with Crippen molar-refractivity contribution < 1.29 is 9.32 Å². The summed E-state index contributed by atoms with van der Waals surface area (Å²) in [5.74, 6) is 1.59. The lowest BCUT2D eigenvalue weighted by Crippen LogP contribution is -2.45. The molecule has 1 amide bonds. The van der Waals surface area contributed by atoms with Gasteiger partial charge in [0, 0.05) is 12.6 Å². The summed E-state index contributed by atoms with van der Waals surface area (Å²) in [6.07, 6.45) is 10.7. The summed E-state index contributed by atoms with van der Waals surface area (Å²) >= 11 is 1.61. The Kier molecular flexibility index (Phi) is 6.75. The van der Waals surface area contributed by atoms with Crippen LogP contribution in [0.25, 0.3) is 10.7 Å². The molecular weight excluding hydrogens is 372 g/mol. The van der Waals surface area contributed by atoms with Crippen LogP contribution in [0.1, 0.15) is 63.7 Å². The maximum Gasteiger partial charge on any atom is 0.241 e. The van der Waals surface area contributed by atoms with Gasteiger partial charge in [-0.25, -0.2) is 0 Å². The molecule has 1 aliphatic heterocycles. The van der Waals surface area contributed by atoms with E-state index in [1.165, 1.54) is 32.1 Å². The van der Waals surface area contributed by atoms with E-state index >= 15 is 0 Å². The van der Waals surface area contributed by atoms with Crippen molar-refractivity contribution in [2.45, 2.75) is 70.4 Å². The topological polar surface area (TPSA) is 71.3 Å². The van der Waals surface area contributed by atoms with Gasteiger partial charge in [-0.15, -0.1) is 11.3 Å². The molecule has 7 heteroatoms. The summed E-state index contributed by atoms with van der Waals surface area (Å²) in [5.41, 5.74) is 0. The minimum absolute atomic E-state index is 0.0684. The Bertz CT molecular complexity index is 737. The SMILES string of the molecule is O=C(NC1CCCCCCC1)C1CCCN(Cc2nc(-c3cccs3)no2)C1. The summed E-state index contributed by atoms with van der Waals surface area (Å²) in [6, 6.07) is 4.35. The number of piperidine rings is 1. The summed E-state index contributed by atoms with van der Waals surface area (Å²) in [5, 5.41) is 9.45. The van der Waals surface area contributed by atoms with Gasteiger partial charge in [0.15, 0.2) is 0 Å². The van der Waals surface area contributed by atoms with Crippen LogP contribution in [-0.2, 0) is 11.3 Å². The van der Waals surface area contributed by atoms with Crippen LogP contribution in [0.5, 0.6) is 0 Å². The fourth-order valence-electron chi connectivity index (χ4n) is 4.35. The van der Waals surface area contributed by atoms with Crippen molar-refractivity contribution in [3.05, 3.63) is 23.4 Å². The van der Waals surface area contributed by atoms with E-state index in [2.05, 4.69) is 20.4 Å². The number of hydrogen-bond acceptors (Lipinski definition) is 6. The Morgan fingerprint density at radius 3 is 2.79 bits per heavy atom. The van der Waals surface area contributed by atoms with Gasteiger partial charge in [-0.05, 0) is 43.7 Å². The number of hydrogen-bond donors (Lipinski definition) is 1. The van der Waals surface area contributed by atoms with Gasteiger partial charge in [-0.1, -0.05) is 43.3 Å². The third kappa shape index (κ3) is 5.20. The van der Waals surface area contributed by atoms with Crippen molar-refractivity contribution in [1.29, 1.82) is 0 Å². The second-order valence-electron chi connectivity index (χ2n) is 8.11.